The fraction of sp³-hybridized carbons (Fsp3) is 0.303. The highest BCUT2D eigenvalue weighted by molar-refractivity contribution is 5.96. The highest BCUT2D eigenvalue weighted by atomic mass is 19.1. The van der Waals surface area contributed by atoms with Gasteiger partial charge in [-0.05, 0) is 61.4 Å². The van der Waals surface area contributed by atoms with Gasteiger partial charge in [-0.3, -0.25) is 19.7 Å². The number of amides is 2. The minimum Gasteiger partial charge on any atom is -0.463 e. The molecule has 5 rings (SSSR count). The Labute approximate surface area is 254 Å². The van der Waals surface area contributed by atoms with Crippen molar-refractivity contribution in [3.63, 3.8) is 0 Å². The number of benzene rings is 3. The Morgan fingerprint density at radius 2 is 1.70 bits per heavy atom. The average Bonchev–Trinajstić information content (AvgIpc) is 3.02. The molecule has 2 amide bonds. The van der Waals surface area contributed by atoms with E-state index in [4.69, 9.17) is 4.74 Å². The SMILES string of the molecule is CCOC(=O)C1=C(C)N(Cc2cccc(C(=O)N3CCN(c4ccc([N+](=O)[O-])cc4)CC3)c2)C(=O)CC1c1cccc(F)c1. The molecule has 0 bridgehead atoms. The molecule has 0 spiro atoms. The van der Waals surface area contributed by atoms with Crippen molar-refractivity contribution in [2.45, 2.75) is 32.7 Å². The van der Waals surface area contributed by atoms with E-state index in [1.54, 1.807) is 61.2 Å². The number of non-ortho nitro benzene ring substituents is 1. The van der Waals surface area contributed by atoms with Crippen molar-refractivity contribution in [2.75, 3.05) is 37.7 Å². The van der Waals surface area contributed by atoms with Gasteiger partial charge in [-0.15, -0.1) is 0 Å². The fourth-order valence-corrected chi connectivity index (χ4v) is 5.81. The molecule has 0 N–H and O–H groups in total. The van der Waals surface area contributed by atoms with Crippen molar-refractivity contribution in [1.82, 2.24) is 9.80 Å². The summed E-state index contributed by atoms with van der Waals surface area (Å²) in [5.74, 6) is -1.98. The van der Waals surface area contributed by atoms with Gasteiger partial charge in [-0.1, -0.05) is 24.3 Å². The minimum atomic E-state index is -0.633. The highest BCUT2D eigenvalue weighted by Crippen LogP contribution is 2.38. The molecule has 0 aromatic heterocycles. The number of hydrogen-bond donors (Lipinski definition) is 0. The maximum atomic E-state index is 14.0. The smallest absolute Gasteiger partial charge is 0.336 e. The number of nitrogens with zero attached hydrogens (tertiary/aromatic N) is 4. The summed E-state index contributed by atoms with van der Waals surface area (Å²) in [4.78, 5) is 55.8. The first kappa shape index (κ1) is 30.4. The molecule has 0 radical (unpaired) electrons. The molecule has 3 aromatic rings. The van der Waals surface area contributed by atoms with Crippen molar-refractivity contribution in [2.24, 2.45) is 0 Å². The number of carbonyl (C=O) groups is 3. The summed E-state index contributed by atoms with van der Waals surface area (Å²) in [5.41, 5.74) is 3.38. The van der Waals surface area contributed by atoms with Crippen LogP contribution in [0, 0.1) is 15.9 Å². The first-order chi connectivity index (χ1) is 21.2. The van der Waals surface area contributed by atoms with Crippen LogP contribution in [0.25, 0.3) is 0 Å². The molecular weight excluding hydrogens is 567 g/mol. The number of nitro benzene ring substituents is 1. The predicted octanol–water partition coefficient (Wildman–Crippen LogP) is 5.05. The molecule has 1 saturated heterocycles. The maximum Gasteiger partial charge on any atom is 0.336 e. The standard InChI is InChI=1S/C33H33FN4O6/c1-3-44-33(41)31-22(2)37(30(39)20-29(31)24-7-5-9-26(34)19-24)21-23-6-4-8-25(18-23)32(40)36-16-14-35(15-17-36)27-10-12-28(13-11-27)38(42)43/h4-13,18-19,29H,3,14-17,20-21H2,1-2H3. The molecule has 44 heavy (non-hydrogen) atoms. The van der Waals surface area contributed by atoms with Crippen LogP contribution in [0.2, 0.25) is 0 Å². The van der Waals surface area contributed by atoms with Crippen molar-refractivity contribution in [3.05, 3.63) is 117 Å². The summed E-state index contributed by atoms with van der Waals surface area (Å²) in [6.45, 7) is 5.83. The third kappa shape index (κ3) is 6.46. The van der Waals surface area contributed by atoms with E-state index >= 15 is 0 Å². The molecular formula is C33H33FN4O6. The molecule has 2 aliphatic heterocycles. The predicted molar refractivity (Wildman–Crippen MR) is 161 cm³/mol. The van der Waals surface area contributed by atoms with Crippen LogP contribution in [0.15, 0.2) is 84.1 Å². The van der Waals surface area contributed by atoms with Crippen LogP contribution in [-0.2, 0) is 20.9 Å². The normalized spacial score (nSPS) is 17.1. The zero-order valence-corrected chi connectivity index (χ0v) is 24.6. The topological polar surface area (TPSA) is 113 Å². The van der Waals surface area contributed by atoms with E-state index < -0.39 is 22.6 Å². The first-order valence-electron chi connectivity index (χ1n) is 14.5. The lowest BCUT2D eigenvalue weighted by molar-refractivity contribution is -0.384. The molecule has 1 atom stereocenters. The molecule has 228 valence electrons. The molecule has 3 aromatic carbocycles. The Balaban J connectivity index is 1.31. The number of piperazine rings is 1. The van der Waals surface area contributed by atoms with Crippen LogP contribution in [0.3, 0.4) is 0 Å². The van der Waals surface area contributed by atoms with Crippen LogP contribution in [-0.4, -0.2) is 65.3 Å². The van der Waals surface area contributed by atoms with Crippen molar-refractivity contribution < 1.29 is 28.4 Å². The first-order valence-corrected chi connectivity index (χ1v) is 14.5. The maximum absolute atomic E-state index is 14.0. The van der Waals surface area contributed by atoms with Gasteiger partial charge in [-0.25, -0.2) is 9.18 Å². The molecule has 0 aliphatic carbocycles. The molecule has 10 nitrogen and oxygen atoms in total. The Morgan fingerprint density at radius 3 is 2.36 bits per heavy atom. The van der Waals surface area contributed by atoms with E-state index in [1.807, 2.05) is 6.07 Å². The number of ether oxygens (including phenoxy) is 1. The van der Waals surface area contributed by atoms with E-state index in [9.17, 15) is 28.9 Å². The minimum absolute atomic E-state index is 0.0212. The van der Waals surface area contributed by atoms with E-state index in [-0.39, 0.29) is 37.1 Å². The van der Waals surface area contributed by atoms with Crippen LogP contribution < -0.4 is 4.90 Å². The number of halogens is 1. The van der Waals surface area contributed by atoms with Gasteiger partial charge in [0.2, 0.25) is 5.91 Å². The molecule has 11 heteroatoms. The lowest BCUT2D eigenvalue weighted by Gasteiger charge is -2.36. The fourth-order valence-electron chi connectivity index (χ4n) is 5.81. The number of anilines is 1. The summed E-state index contributed by atoms with van der Waals surface area (Å²) in [6.07, 6.45) is -0.0212. The van der Waals surface area contributed by atoms with Gasteiger partial charge in [0.1, 0.15) is 5.82 Å². The lowest BCUT2D eigenvalue weighted by Crippen LogP contribution is -2.48. The van der Waals surface area contributed by atoms with Crippen LogP contribution in [0.5, 0.6) is 0 Å². The van der Waals surface area contributed by atoms with Crippen molar-refractivity contribution in [1.29, 1.82) is 0 Å². The second-order valence-electron chi connectivity index (χ2n) is 10.8. The van der Waals surface area contributed by atoms with Gasteiger partial charge in [0.25, 0.3) is 11.6 Å². The highest BCUT2D eigenvalue weighted by Gasteiger charge is 2.37. The van der Waals surface area contributed by atoms with E-state index in [1.165, 1.54) is 29.2 Å². The molecule has 0 saturated carbocycles. The number of nitro groups is 1. The molecule has 2 aliphatic rings. The number of allylic oxidation sites excluding steroid dienone is 1. The van der Waals surface area contributed by atoms with E-state index in [0.717, 1.165) is 11.3 Å². The Hall–Kier alpha value is -5.06. The van der Waals surface area contributed by atoms with Crippen LogP contribution >= 0.6 is 0 Å². The molecule has 2 heterocycles. The van der Waals surface area contributed by atoms with Gasteiger partial charge in [0.15, 0.2) is 0 Å². The van der Waals surface area contributed by atoms with Gasteiger partial charge in [-0.2, -0.15) is 0 Å². The van der Waals surface area contributed by atoms with Crippen molar-refractivity contribution >= 4 is 29.2 Å². The second kappa shape index (κ2) is 13.1. The van der Waals surface area contributed by atoms with Gasteiger partial charge in [0, 0.05) is 67.6 Å². The van der Waals surface area contributed by atoms with Gasteiger partial charge >= 0.3 is 5.97 Å². The number of carbonyl (C=O) groups excluding carboxylic acids is 3. The summed E-state index contributed by atoms with van der Waals surface area (Å²) in [5, 5.41) is 10.9. The van der Waals surface area contributed by atoms with E-state index in [2.05, 4.69) is 4.90 Å². The van der Waals surface area contributed by atoms with Gasteiger partial charge < -0.3 is 19.4 Å². The number of rotatable bonds is 8. The largest absolute Gasteiger partial charge is 0.463 e. The zero-order chi connectivity index (χ0) is 31.4. The monoisotopic (exact) mass is 600 g/mol. The van der Waals surface area contributed by atoms with Crippen LogP contribution in [0.1, 0.15) is 47.7 Å². The third-order valence-corrected chi connectivity index (χ3v) is 8.08. The summed E-state index contributed by atoms with van der Waals surface area (Å²) in [6, 6.07) is 19.4. The lowest BCUT2D eigenvalue weighted by atomic mass is 9.83. The Kier molecular flexibility index (Phi) is 9.03. The van der Waals surface area contributed by atoms with Gasteiger partial charge in [0.05, 0.1) is 23.6 Å². The quantitative estimate of drug-likeness (QED) is 0.202. The Morgan fingerprint density at radius 1 is 1.00 bits per heavy atom. The molecule has 1 fully saturated rings. The number of esters is 1. The third-order valence-electron chi connectivity index (χ3n) is 8.08. The van der Waals surface area contributed by atoms with Crippen LogP contribution in [0.4, 0.5) is 15.8 Å². The average molecular weight is 601 g/mol. The van der Waals surface area contributed by atoms with Crippen molar-refractivity contribution in [3.8, 4) is 0 Å². The zero-order valence-electron chi connectivity index (χ0n) is 24.6. The molecule has 1 unspecified atom stereocenters. The summed E-state index contributed by atoms with van der Waals surface area (Å²) in [7, 11) is 0. The Bertz CT molecular complexity index is 1610. The van der Waals surface area contributed by atoms with E-state index in [0.29, 0.717) is 48.6 Å². The summed E-state index contributed by atoms with van der Waals surface area (Å²) < 4.78 is 19.4. The number of hydrogen-bond acceptors (Lipinski definition) is 7. The summed E-state index contributed by atoms with van der Waals surface area (Å²) >= 11 is 0. The second-order valence-corrected chi connectivity index (χ2v) is 10.8.